The Morgan fingerprint density at radius 2 is 1.07 bits per heavy atom. The molecule has 7 rings (SSSR count). The number of allylic oxidation sites excluding steroid dienone is 9. The predicted molar refractivity (Wildman–Crippen MR) is 190 cm³/mol. The Bertz CT molecular complexity index is 2130. The first-order valence-corrected chi connectivity index (χ1v) is 15.6. The molecule has 1 heterocycles. The van der Waals surface area contributed by atoms with Gasteiger partial charge in [-0.15, -0.1) is 0 Å². The molecule has 46 heavy (non-hydrogen) atoms. The van der Waals surface area contributed by atoms with E-state index in [1.54, 1.807) is 0 Å². The number of rotatable bonds is 7. The minimum Gasteiger partial charge on any atom is -0.208 e. The number of aryl methyl sites for hydroxylation is 1. The van der Waals surface area contributed by atoms with Crippen LogP contribution < -0.4 is 0 Å². The topological polar surface area (TPSA) is 38.7 Å². The summed E-state index contributed by atoms with van der Waals surface area (Å²) in [4.78, 5) is 14.9. The van der Waals surface area contributed by atoms with E-state index in [4.69, 9.17) is 15.0 Å². The minimum absolute atomic E-state index is 0.412. The van der Waals surface area contributed by atoms with Crippen molar-refractivity contribution in [3.05, 3.63) is 174 Å². The average Bonchev–Trinajstić information content (AvgIpc) is 3.12. The molecule has 0 fully saturated rings. The smallest absolute Gasteiger partial charge is 0.164 e. The zero-order valence-corrected chi connectivity index (χ0v) is 26.0. The number of aromatic nitrogens is 3. The molecule has 2 aliphatic carbocycles. The van der Waals surface area contributed by atoms with E-state index >= 15 is 0 Å². The summed E-state index contributed by atoms with van der Waals surface area (Å²) in [6.07, 6.45) is 13.6. The van der Waals surface area contributed by atoms with Crippen molar-refractivity contribution in [3.63, 3.8) is 0 Å². The van der Waals surface area contributed by atoms with E-state index in [1.165, 1.54) is 27.8 Å². The quantitative estimate of drug-likeness (QED) is 0.140. The van der Waals surface area contributed by atoms with Gasteiger partial charge in [0, 0.05) is 22.6 Å². The Kier molecular flexibility index (Phi) is 7.94. The summed E-state index contributed by atoms with van der Waals surface area (Å²) in [6.45, 7) is 8.31. The largest absolute Gasteiger partial charge is 0.208 e. The normalized spacial score (nSPS) is 15.0. The van der Waals surface area contributed by atoms with E-state index in [-0.39, 0.29) is 0 Å². The predicted octanol–water partition coefficient (Wildman–Crippen LogP) is 10.6. The fourth-order valence-electron chi connectivity index (χ4n) is 5.67. The minimum atomic E-state index is 0.412. The summed E-state index contributed by atoms with van der Waals surface area (Å²) in [6, 6.07) is 33.8. The fourth-order valence-corrected chi connectivity index (χ4v) is 5.67. The highest BCUT2D eigenvalue weighted by Gasteiger charge is 2.15. The van der Waals surface area contributed by atoms with Gasteiger partial charge < -0.3 is 0 Å². The van der Waals surface area contributed by atoms with Crippen molar-refractivity contribution in [2.45, 2.75) is 20.3 Å². The highest BCUT2D eigenvalue weighted by atomic mass is 15.0. The van der Waals surface area contributed by atoms with Crippen molar-refractivity contribution in [1.29, 1.82) is 0 Å². The van der Waals surface area contributed by atoms with Crippen LogP contribution in [-0.4, -0.2) is 15.0 Å². The van der Waals surface area contributed by atoms with Crippen molar-refractivity contribution >= 4 is 11.1 Å². The van der Waals surface area contributed by atoms with Gasteiger partial charge in [-0.05, 0) is 71.9 Å². The van der Waals surface area contributed by atoms with E-state index in [2.05, 4.69) is 147 Å². The zero-order valence-electron chi connectivity index (χ0n) is 26.0. The lowest BCUT2D eigenvalue weighted by Gasteiger charge is -2.16. The monoisotopic (exact) mass is 591 g/mol. The van der Waals surface area contributed by atoms with Crippen LogP contribution in [0, 0.1) is 12.8 Å². The summed E-state index contributed by atoms with van der Waals surface area (Å²) in [5, 5.41) is 0. The molecule has 0 amide bonds. The van der Waals surface area contributed by atoms with Crippen molar-refractivity contribution in [1.82, 2.24) is 15.0 Å². The molecule has 1 aromatic heterocycles. The van der Waals surface area contributed by atoms with Gasteiger partial charge in [-0.2, -0.15) is 0 Å². The maximum absolute atomic E-state index is 4.98. The summed E-state index contributed by atoms with van der Waals surface area (Å²) in [7, 11) is 0. The van der Waals surface area contributed by atoms with Crippen molar-refractivity contribution in [2.24, 2.45) is 5.92 Å². The maximum atomic E-state index is 4.98. The molecular weight excluding hydrogens is 558 g/mol. The molecule has 0 saturated heterocycles. The first-order chi connectivity index (χ1) is 22.5. The van der Waals surface area contributed by atoms with Crippen molar-refractivity contribution < 1.29 is 0 Å². The van der Waals surface area contributed by atoms with Crippen LogP contribution in [0.25, 0.3) is 56.4 Å². The lowest BCUT2D eigenvalue weighted by atomic mass is 9.89. The van der Waals surface area contributed by atoms with E-state index in [0.29, 0.717) is 23.4 Å². The molecule has 0 saturated carbocycles. The van der Waals surface area contributed by atoms with E-state index in [0.717, 1.165) is 39.8 Å². The molecule has 4 aromatic carbocycles. The molecule has 220 valence electrons. The van der Waals surface area contributed by atoms with Crippen LogP contribution in [0.5, 0.6) is 0 Å². The molecular formula is C43H33N3. The molecule has 0 aliphatic heterocycles. The number of nitrogens with zero attached hydrogens (tertiary/aromatic N) is 3. The molecule has 0 radical (unpaired) electrons. The van der Waals surface area contributed by atoms with Gasteiger partial charge in [0.1, 0.15) is 0 Å². The average molecular weight is 592 g/mol. The van der Waals surface area contributed by atoms with Gasteiger partial charge in [0.25, 0.3) is 0 Å². The maximum Gasteiger partial charge on any atom is 0.164 e. The molecule has 1 unspecified atom stereocenters. The summed E-state index contributed by atoms with van der Waals surface area (Å²) in [5.74, 6) is 2.33. The molecule has 5 aromatic rings. The van der Waals surface area contributed by atoms with Crippen molar-refractivity contribution in [3.8, 4) is 45.3 Å². The third-order valence-electron chi connectivity index (χ3n) is 8.51. The third-order valence-corrected chi connectivity index (χ3v) is 8.51. The number of hydrogen-bond acceptors (Lipinski definition) is 3. The van der Waals surface area contributed by atoms with E-state index in [1.807, 2.05) is 18.2 Å². The Labute approximate surface area is 270 Å². The third kappa shape index (κ3) is 6.20. The summed E-state index contributed by atoms with van der Waals surface area (Å²) >= 11 is 0. The van der Waals surface area contributed by atoms with Crippen molar-refractivity contribution in [2.75, 3.05) is 0 Å². The molecule has 3 heteroatoms. The molecule has 2 aliphatic rings. The zero-order chi connectivity index (χ0) is 31.5. The molecule has 0 bridgehead atoms. The summed E-state index contributed by atoms with van der Waals surface area (Å²) in [5.41, 5.74) is 18.2. The Balaban J connectivity index is 1.24. The van der Waals surface area contributed by atoms with Gasteiger partial charge in [0.15, 0.2) is 17.5 Å². The molecule has 3 nitrogen and oxygen atoms in total. The van der Waals surface area contributed by atoms with Crippen LogP contribution >= 0.6 is 0 Å². The first kappa shape index (κ1) is 28.9. The second-order valence-electron chi connectivity index (χ2n) is 11.8. The highest BCUT2D eigenvalue weighted by Crippen LogP contribution is 2.31. The molecule has 0 N–H and O–H groups in total. The van der Waals surface area contributed by atoms with Gasteiger partial charge in [-0.1, -0.05) is 144 Å². The summed E-state index contributed by atoms with van der Waals surface area (Å²) < 4.78 is 0. The highest BCUT2D eigenvalue weighted by molar-refractivity contribution is 5.79. The van der Waals surface area contributed by atoms with Crippen LogP contribution in [0.4, 0.5) is 0 Å². The van der Waals surface area contributed by atoms with Gasteiger partial charge in [-0.25, -0.2) is 15.0 Å². The standard InChI is InChI=1S/C43H33N3/c1-29(2)31-13-15-35(16-14-31)37-21-27-40(28-22-37)43-45-41(38-23-17-34(18-24-38)32-7-5-4-6-8-32)44-42(46-43)39-25-19-36(20-26-39)33-11-9-30(3)10-12-33/h5,7-13,15-28,31H,1,14H2,2-3H3. The van der Waals surface area contributed by atoms with Gasteiger partial charge >= 0.3 is 0 Å². The number of benzene rings is 4. The second-order valence-corrected chi connectivity index (χ2v) is 11.8. The van der Waals surface area contributed by atoms with Crippen LogP contribution in [0.2, 0.25) is 0 Å². The van der Waals surface area contributed by atoms with Gasteiger partial charge in [0.05, 0.1) is 0 Å². The molecule has 0 spiro atoms. The molecule has 1 atom stereocenters. The Morgan fingerprint density at radius 3 is 1.50 bits per heavy atom. The SMILES string of the molecule is C=C(C)C1C=CC(c2ccc(-c3nc(-c4ccc(C5=CC=C=C=C5)cc4)nc(-c4ccc(-c5ccc(C)cc5)cc4)n3)cc2)=CC1. The lowest BCUT2D eigenvalue weighted by molar-refractivity contribution is 0.773. The Morgan fingerprint density at radius 1 is 0.609 bits per heavy atom. The lowest BCUT2D eigenvalue weighted by Crippen LogP contribution is -2.01. The van der Waals surface area contributed by atoms with Crippen LogP contribution in [0.1, 0.15) is 30.0 Å². The van der Waals surface area contributed by atoms with Gasteiger partial charge in [-0.3, -0.25) is 0 Å². The van der Waals surface area contributed by atoms with E-state index < -0.39 is 0 Å². The second kappa shape index (κ2) is 12.6. The van der Waals surface area contributed by atoms with Crippen LogP contribution in [0.15, 0.2) is 157 Å². The van der Waals surface area contributed by atoms with Crippen LogP contribution in [-0.2, 0) is 0 Å². The Hall–Kier alpha value is -5.85. The van der Waals surface area contributed by atoms with Gasteiger partial charge in [0.2, 0.25) is 0 Å². The number of hydrogen-bond donors (Lipinski definition) is 0. The van der Waals surface area contributed by atoms with Crippen LogP contribution in [0.3, 0.4) is 0 Å². The fraction of sp³-hybridized carbons (Fsp3) is 0.0930. The van der Waals surface area contributed by atoms with E-state index in [9.17, 15) is 0 Å². The first-order valence-electron chi connectivity index (χ1n) is 15.6.